The van der Waals surface area contributed by atoms with Crippen LogP contribution in [0.1, 0.15) is 19.3 Å². The zero-order valence-electron chi connectivity index (χ0n) is 9.99. The van der Waals surface area contributed by atoms with Gasteiger partial charge in [0.2, 0.25) is 0 Å². The van der Waals surface area contributed by atoms with Crippen LogP contribution in [-0.4, -0.2) is 56.1 Å². The van der Waals surface area contributed by atoms with E-state index in [0.29, 0.717) is 0 Å². The van der Waals surface area contributed by atoms with E-state index in [1.807, 2.05) is 0 Å². The molecule has 0 aromatic heterocycles. The van der Waals surface area contributed by atoms with Crippen molar-refractivity contribution in [3.05, 3.63) is 0 Å². The highest BCUT2D eigenvalue weighted by Gasteiger charge is 2.28. The monoisotopic (exact) mass is 211 g/mol. The summed E-state index contributed by atoms with van der Waals surface area (Å²) in [5, 5.41) is 0. The van der Waals surface area contributed by atoms with Gasteiger partial charge in [0.1, 0.15) is 0 Å². The van der Waals surface area contributed by atoms with E-state index in [4.69, 9.17) is 5.73 Å². The molecular formula is C12H25N3. The lowest BCUT2D eigenvalue weighted by atomic mass is 10.0. The van der Waals surface area contributed by atoms with E-state index < -0.39 is 0 Å². The van der Waals surface area contributed by atoms with Crippen LogP contribution in [0, 0.1) is 11.8 Å². The van der Waals surface area contributed by atoms with Gasteiger partial charge < -0.3 is 15.5 Å². The summed E-state index contributed by atoms with van der Waals surface area (Å²) in [7, 11) is 2.21. The number of hydrogen-bond acceptors (Lipinski definition) is 3. The summed E-state index contributed by atoms with van der Waals surface area (Å²) < 4.78 is 0. The van der Waals surface area contributed by atoms with Crippen LogP contribution < -0.4 is 5.73 Å². The second-order valence-corrected chi connectivity index (χ2v) is 5.43. The molecule has 0 bridgehead atoms. The summed E-state index contributed by atoms with van der Waals surface area (Å²) in [4.78, 5) is 5.07. The molecule has 0 saturated carbocycles. The molecule has 2 aliphatic heterocycles. The number of nitrogens with zero attached hydrogens (tertiary/aromatic N) is 2. The van der Waals surface area contributed by atoms with Gasteiger partial charge in [-0.25, -0.2) is 0 Å². The van der Waals surface area contributed by atoms with Gasteiger partial charge in [0.25, 0.3) is 0 Å². The predicted molar refractivity (Wildman–Crippen MR) is 63.8 cm³/mol. The Bertz CT molecular complexity index is 189. The molecule has 2 aliphatic rings. The Hall–Kier alpha value is -0.120. The normalized spacial score (nSPS) is 29.6. The van der Waals surface area contributed by atoms with Gasteiger partial charge in [0.15, 0.2) is 0 Å². The van der Waals surface area contributed by atoms with Crippen molar-refractivity contribution in [1.82, 2.24) is 9.80 Å². The molecule has 0 aromatic rings. The minimum Gasteiger partial charge on any atom is -0.330 e. The van der Waals surface area contributed by atoms with Crippen LogP contribution in [0.5, 0.6) is 0 Å². The van der Waals surface area contributed by atoms with Crippen LogP contribution in [0.3, 0.4) is 0 Å². The fraction of sp³-hybridized carbons (Fsp3) is 1.00. The average molecular weight is 211 g/mol. The summed E-state index contributed by atoms with van der Waals surface area (Å²) in [6.45, 7) is 7.48. The highest BCUT2D eigenvalue weighted by Crippen LogP contribution is 2.23. The second kappa shape index (κ2) is 5.28. The van der Waals surface area contributed by atoms with Gasteiger partial charge >= 0.3 is 0 Å². The van der Waals surface area contributed by atoms with Gasteiger partial charge in [0, 0.05) is 26.2 Å². The SMILES string of the molecule is CN1CC(CN2CCC(CCCN)C2)C1. The van der Waals surface area contributed by atoms with Gasteiger partial charge in [-0.05, 0) is 51.2 Å². The molecule has 88 valence electrons. The Morgan fingerprint density at radius 1 is 1.20 bits per heavy atom. The zero-order valence-corrected chi connectivity index (χ0v) is 9.99. The first-order chi connectivity index (χ1) is 7.28. The van der Waals surface area contributed by atoms with Crippen LogP contribution in [0.15, 0.2) is 0 Å². The molecular weight excluding hydrogens is 186 g/mol. The lowest BCUT2D eigenvalue weighted by Gasteiger charge is -2.38. The summed E-state index contributed by atoms with van der Waals surface area (Å²) in [6.07, 6.45) is 3.96. The van der Waals surface area contributed by atoms with Gasteiger partial charge in [-0.2, -0.15) is 0 Å². The van der Waals surface area contributed by atoms with E-state index in [0.717, 1.165) is 18.4 Å². The summed E-state index contributed by atoms with van der Waals surface area (Å²) in [6, 6.07) is 0. The molecule has 3 nitrogen and oxygen atoms in total. The highest BCUT2D eigenvalue weighted by atomic mass is 15.2. The smallest absolute Gasteiger partial charge is 0.00343 e. The minimum atomic E-state index is 0.865. The average Bonchev–Trinajstić information content (AvgIpc) is 2.60. The maximum Gasteiger partial charge on any atom is 0.00343 e. The molecule has 0 spiro atoms. The van der Waals surface area contributed by atoms with Gasteiger partial charge in [-0.1, -0.05) is 0 Å². The molecule has 0 radical (unpaired) electrons. The van der Waals surface area contributed by atoms with Crippen molar-refractivity contribution in [2.45, 2.75) is 19.3 Å². The zero-order chi connectivity index (χ0) is 10.7. The number of nitrogens with two attached hydrogens (primary N) is 1. The second-order valence-electron chi connectivity index (χ2n) is 5.43. The first kappa shape index (κ1) is 11.4. The molecule has 2 rings (SSSR count). The van der Waals surface area contributed by atoms with Crippen molar-refractivity contribution in [2.75, 3.05) is 46.3 Å². The third-order valence-corrected chi connectivity index (χ3v) is 3.84. The number of likely N-dealkylation sites (tertiary alicyclic amines) is 2. The lowest BCUT2D eigenvalue weighted by molar-refractivity contribution is 0.0981. The van der Waals surface area contributed by atoms with E-state index in [2.05, 4.69) is 16.8 Å². The van der Waals surface area contributed by atoms with E-state index >= 15 is 0 Å². The Balaban J connectivity index is 1.60. The van der Waals surface area contributed by atoms with Crippen molar-refractivity contribution in [1.29, 1.82) is 0 Å². The molecule has 2 heterocycles. The third kappa shape index (κ3) is 3.16. The quantitative estimate of drug-likeness (QED) is 0.723. The lowest BCUT2D eigenvalue weighted by Crippen LogP contribution is -2.48. The van der Waals surface area contributed by atoms with Crippen LogP contribution in [0.25, 0.3) is 0 Å². The first-order valence-corrected chi connectivity index (χ1v) is 6.39. The van der Waals surface area contributed by atoms with Crippen LogP contribution in [-0.2, 0) is 0 Å². The fourth-order valence-electron chi connectivity index (χ4n) is 3.03. The molecule has 2 N–H and O–H groups in total. The topological polar surface area (TPSA) is 32.5 Å². The van der Waals surface area contributed by atoms with Crippen molar-refractivity contribution in [2.24, 2.45) is 17.6 Å². The molecule has 1 atom stereocenters. The number of hydrogen-bond donors (Lipinski definition) is 1. The van der Waals surface area contributed by atoms with Crippen molar-refractivity contribution in [3.63, 3.8) is 0 Å². The standard InChI is InChI=1S/C12H25N3/c1-14-7-12(8-14)10-15-6-4-11(9-15)3-2-5-13/h11-12H,2-10,13H2,1H3. The Labute approximate surface area is 93.6 Å². The molecule has 2 saturated heterocycles. The Morgan fingerprint density at radius 3 is 2.67 bits per heavy atom. The summed E-state index contributed by atoms with van der Waals surface area (Å²) >= 11 is 0. The van der Waals surface area contributed by atoms with Crippen molar-refractivity contribution in [3.8, 4) is 0 Å². The Kier molecular flexibility index (Phi) is 4.00. The van der Waals surface area contributed by atoms with Crippen molar-refractivity contribution >= 4 is 0 Å². The van der Waals surface area contributed by atoms with E-state index in [1.165, 1.54) is 52.0 Å². The Morgan fingerprint density at radius 2 is 2.00 bits per heavy atom. The largest absolute Gasteiger partial charge is 0.330 e. The van der Waals surface area contributed by atoms with Crippen LogP contribution in [0.2, 0.25) is 0 Å². The molecule has 2 fully saturated rings. The molecule has 3 heteroatoms. The minimum absolute atomic E-state index is 0.865. The van der Waals surface area contributed by atoms with E-state index in [9.17, 15) is 0 Å². The molecule has 0 aliphatic carbocycles. The van der Waals surface area contributed by atoms with Gasteiger partial charge in [-0.3, -0.25) is 0 Å². The first-order valence-electron chi connectivity index (χ1n) is 6.39. The maximum atomic E-state index is 5.55. The molecule has 0 amide bonds. The predicted octanol–water partition coefficient (Wildman–Crippen LogP) is 0.609. The highest BCUT2D eigenvalue weighted by molar-refractivity contribution is 4.83. The van der Waals surface area contributed by atoms with Crippen LogP contribution in [0.4, 0.5) is 0 Å². The number of rotatable bonds is 5. The molecule has 15 heavy (non-hydrogen) atoms. The van der Waals surface area contributed by atoms with Crippen LogP contribution >= 0.6 is 0 Å². The van der Waals surface area contributed by atoms with Gasteiger partial charge in [-0.15, -0.1) is 0 Å². The maximum absolute atomic E-state index is 5.55. The van der Waals surface area contributed by atoms with E-state index in [1.54, 1.807) is 0 Å². The van der Waals surface area contributed by atoms with E-state index in [-0.39, 0.29) is 0 Å². The third-order valence-electron chi connectivity index (χ3n) is 3.84. The van der Waals surface area contributed by atoms with Gasteiger partial charge in [0.05, 0.1) is 0 Å². The molecule has 0 aromatic carbocycles. The fourth-order valence-corrected chi connectivity index (χ4v) is 3.03. The summed E-state index contributed by atoms with van der Waals surface area (Å²) in [5.41, 5.74) is 5.55. The summed E-state index contributed by atoms with van der Waals surface area (Å²) in [5.74, 6) is 1.88. The molecule has 1 unspecified atom stereocenters. The van der Waals surface area contributed by atoms with Crippen molar-refractivity contribution < 1.29 is 0 Å².